The van der Waals surface area contributed by atoms with Crippen LogP contribution in [0.2, 0.25) is 0 Å². The summed E-state index contributed by atoms with van der Waals surface area (Å²) >= 11 is 0. The Kier molecular flexibility index (Phi) is 17.0. The van der Waals surface area contributed by atoms with Gasteiger partial charge in [0.15, 0.2) is 0 Å². The molecule has 34 heavy (non-hydrogen) atoms. The largest absolute Gasteiger partial charge is 0.394 e. The first-order valence-corrected chi connectivity index (χ1v) is 15.9. The highest BCUT2D eigenvalue weighted by Gasteiger charge is 2.45. The Morgan fingerprint density at radius 1 is 0.794 bits per heavy atom. The van der Waals surface area contributed by atoms with E-state index in [0.717, 1.165) is 25.7 Å². The van der Waals surface area contributed by atoms with E-state index in [4.69, 9.17) is 19.3 Å². The highest BCUT2D eigenvalue weighted by molar-refractivity contribution is 7.46. The van der Waals surface area contributed by atoms with Crippen LogP contribution in [-0.2, 0) is 23.3 Å². The third-order valence-electron chi connectivity index (χ3n) is 5.88. The summed E-state index contributed by atoms with van der Waals surface area (Å²) in [5, 5.41) is 28.0. The molecule has 0 bridgehead atoms. The van der Waals surface area contributed by atoms with Gasteiger partial charge in [-0.25, -0.2) is 0 Å². The molecule has 8 nitrogen and oxygen atoms in total. The molecule has 206 valence electrons. The Hall–Kier alpha value is 0.220. The standard InChI is InChI=1S/C24H52O8P2/c1-18(2)31-21(16-26)22(27)24(8,32-19(3)4)34(29)14-12-10-9-11-13-33(28)23(6,7)17-30-20(5)15-25/h18-22,25-27,33-34H,9-17H2,1-8H3. The maximum absolute atomic E-state index is 13.3. The van der Waals surface area contributed by atoms with Crippen LogP contribution in [0.5, 0.6) is 0 Å². The molecular formula is C24H52O8P2. The second kappa shape index (κ2) is 16.9. The maximum atomic E-state index is 13.3. The van der Waals surface area contributed by atoms with Gasteiger partial charge in [0.25, 0.3) is 0 Å². The number of unbranched alkanes of at least 4 members (excludes halogenated alkanes) is 3. The zero-order valence-corrected chi connectivity index (χ0v) is 24.6. The van der Waals surface area contributed by atoms with Crippen LogP contribution < -0.4 is 0 Å². The van der Waals surface area contributed by atoms with Gasteiger partial charge in [0, 0.05) is 11.3 Å². The lowest BCUT2D eigenvalue weighted by Crippen LogP contribution is -2.50. The van der Waals surface area contributed by atoms with Crippen molar-refractivity contribution in [2.45, 2.75) is 122 Å². The molecule has 0 aliphatic rings. The summed E-state index contributed by atoms with van der Waals surface area (Å²) in [5.41, 5.74) is 0. The average Bonchev–Trinajstić information content (AvgIpc) is 2.76. The van der Waals surface area contributed by atoms with Gasteiger partial charge in [-0.05, 0) is 60.5 Å². The lowest BCUT2D eigenvalue weighted by Gasteiger charge is -2.39. The summed E-state index contributed by atoms with van der Waals surface area (Å²) in [7, 11) is -4.20. The molecule has 0 heterocycles. The molecule has 0 rings (SSSR count). The monoisotopic (exact) mass is 530 g/mol. The van der Waals surface area contributed by atoms with E-state index in [1.54, 1.807) is 13.8 Å². The minimum atomic E-state index is -2.36. The molecule has 0 saturated carbocycles. The van der Waals surface area contributed by atoms with Gasteiger partial charge >= 0.3 is 0 Å². The van der Waals surface area contributed by atoms with E-state index in [9.17, 15) is 19.3 Å². The number of aliphatic hydroxyl groups is 3. The lowest BCUT2D eigenvalue weighted by atomic mass is 10.1. The highest BCUT2D eigenvalue weighted by Crippen LogP contribution is 2.46. The van der Waals surface area contributed by atoms with Crippen LogP contribution in [0.4, 0.5) is 0 Å². The molecule has 6 atom stereocenters. The fourth-order valence-corrected chi connectivity index (χ4v) is 7.15. The molecule has 10 heteroatoms. The van der Waals surface area contributed by atoms with Crippen LogP contribution in [0.25, 0.3) is 0 Å². The van der Waals surface area contributed by atoms with E-state index < -0.39 is 38.3 Å². The topological polar surface area (TPSA) is 123 Å². The third kappa shape index (κ3) is 12.5. The van der Waals surface area contributed by atoms with Gasteiger partial charge in [0.05, 0.1) is 45.9 Å². The van der Waals surface area contributed by atoms with Crippen LogP contribution in [0.1, 0.15) is 81.1 Å². The smallest absolute Gasteiger partial charge is 0.144 e. The van der Waals surface area contributed by atoms with Crippen molar-refractivity contribution in [2.75, 3.05) is 32.1 Å². The molecule has 0 aromatic heterocycles. The van der Waals surface area contributed by atoms with Crippen LogP contribution in [-0.4, -0.2) is 88.5 Å². The van der Waals surface area contributed by atoms with E-state index in [-0.39, 0.29) is 31.5 Å². The van der Waals surface area contributed by atoms with Crippen LogP contribution in [0, 0.1) is 0 Å². The van der Waals surface area contributed by atoms with Crippen molar-refractivity contribution in [3.05, 3.63) is 0 Å². The Bertz CT molecular complexity index is 600. The van der Waals surface area contributed by atoms with Crippen molar-refractivity contribution < 1.29 is 38.7 Å². The normalized spacial score (nSPS) is 19.1. The molecule has 0 aromatic rings. The van der Waals surface area contributed by atoms with Crippen molar-refractivity contribution in [1.29, 1.82) is 0 Å². The number of rotatable bonds is 20. The zero-order chi connectivity index (χ0) is 26.5. The molecule has 0 saturated heterocycles. The maximum Gasteiger partial charge on any atom is 0.144 e. The van der Waals surface area contributed by atoms with Crippen molar-refractivity contribution in [1.82, 2.24) is 0 Å². The number of ether oxygens (including phenoxy) is 3. The molecule has 0 radical (unpaired) electrons. The molecule has 0 aliphatic carbocycles. The Morgan fingerprint density at radius 2 is 1.32 bits per heavy atom. The molecule has 3 N–H and O–H groups in total. The number of hydrogen-bond acceptors (Lipinski definition) is 8. The van der Waals surface area contributed by atoms with Crippen molar-refractivity contribution >= 4 is 15.6 Å². The van der Waals surface area contributed by atoms with E-state index in [1.807, 2.05) is 41.5 Å². The molecular weight excluding hydrogens is 478 g/mol. The lowest BCUT2D eigenvalue weighted by molar-refractivity contribution is -0.158. The molecule has 0 amide bonds. The summed E-state index contributed by atoms with van der Waals surface area (Å²) in [6.07, 6.45) is 1.58. The van der Waals surface area contributed by atoms with E-state index >= 15 is 0 Å². The van der Waals surface area contributed by atoms with Gasteiger partial charge in [-0.15, -0.1) is 0 Å². The molecule has 0 aromatic carbocycles. The predicted molar refractivity (Wildman–Crippen MR) is 141 cm³/mol. The molecule has 0 aliphatic heterocycles. The summed E-state index contributed by atoms with van der Waals surface area (Å²) in [6.45, 7) is 14.5. The van der Waals surface area contributed by atoms with Gasteiger partial charge < -0.3 is 38.7 Å². The number of aliphatic hydroxyl groups excluding tert-OH is 3. The van der Waals surface area contributed by atoms with Crippen LogP contribution in [0.3, 0.4) is 0 Å². The van der Waals surface area contributed by atoms with Gasteiger partial charge in [-0.1, -0.05) is 26.7 Å². The minimum Gasteiger partial charge on any atom is -0.394 e. The van der Waals surface area contributed by atoms with Gasteiger partial charge in [0.1, 0.15) is 25.4 Å². The van der Waals surface area contributed by atoms with E-state index in [2.05, 4.69) is 0 Å². The highest BCUT2D eigenvalue weighted by atomic mass is 31.1. The Morgan fingerprint density at radius 3 is 1.76 bits per heavy atom. The predicted octanol–water partition coefficient (Wildman–Crippen LogP) is 4.13. The van der Waals surface area contributed by atoms with Crippen LogP contribution in [0.15, 0.2) is 0 Å². The molecule has 0 fully saturated rings. The third-order valence-corrected chi connectivity index (χ3v) is 10.7. The first-order chi connectivity index (χ1) is 15.7. The summed E-state index contributed by atoms with van der Waals surface area (Å²) in [5.74, 6) is 0. The van der Waals surface area contributed by atoms with Gasteiger partial charge in [-0.2, -0.15) is 0 Å². The fourth-order valence-electron chi connectivity index (χ4n) is 3.71. The summed E-state index contributed by atoms with van der Waals surface area (Å²) in [4.78, 5) is 0. The summed E-state index contributed by atoms with van der Waals surface area (Å²) in [6, 6.07) is 0. The fraction of sp³-hybridized carbons (Fsp3) is 1.00. The van der Waals surface area contributed by atoms with Crippen molar-refractivity contribution in [3.8, 4) is 0 Å². The molecule has 0 spiro atoms. The second-order valence-electron chi connectivity index (χ2n) is 10.6. The van der Waals surface area contributed by atoms with E-state index in [0.29, 0.717) is 18.9 Å². The minimum absolute atomic E-state index is 0.0517. The quantitative estimate of drug-likeness (QED) is 0.159. The van der Waals surface area contributed by atoms with Gasteiger partial charge in [-0.3, -0.25) is 0 Å². The Labute approximate surface area is 208 Å². The van der Waals surface area contributed by atoms with E-state index in [1.165, 1.54) is 0 Å². The average molecular weight is 531 g/mol. The second-order valence-corrected chi connectivity index (χ2v) is 15.6. The number of hydrogen-bond donors (Lipinski definition) is 3. The SMILES string of the molecule is CC(C)OC(CO)C(O)C(C)(OC(C)C)[PH](=O)CCCCCC[PH](=O)C(C)(C)COC(C)CO. The van der Waals surface area contributed by atoms with Crippen molar-refractivity contribution in [2.24, 2.45) is 0 Å². The summed E-state index contributed by atoms with van der Waals surface area (Å²) < 4.78 is 43.1. The van der Waals surface area contributed by atoms with Crippen molar-refractivity contribution in [3.63, 3.8) is 0 Å². The van der Waals surface area contributed by atoms with Crippen LogP contribution >= 0.6 is 15.6 Å². The first-order valence-electron chi connectivity index (χ1n) is 12.6. The zero-order valence-electron chi connectivity index (χ0n) is 22.6. The van der Waals surface area contributed by atoms with Gasteiger partial charge in [0.2, 0.25) is 0 Å². The Balaban J connectivity index is 4.69. The molecule has 6 unspecified atom stereocenters. The first kappa shape index (κ1) is 34.2.